The first-order chi connectivity index (χ1) is 13.8. The number of carbonyl (C=O) groups is 1. The molecule has 3 aromatic rings. The molecule has 0 saturated heterocycles. The predicted molar refractivity (Wildman–Crippen MR) is 99.3 cm³/mol. The molecule has 1 aliphatic rings. The smallest absolute Gasteiger partial charge is 0.410 e. The molecule has 0 bridgehead atoms. The van der Waals surface area contributed by atoms with Crippen molar-refractivity contribution in [2.45, 2.75) is 37.6 Å². The lowest BCUT2D eigenvalue weighted by molar-refractivity contribution is -0.174. The van der Waals surface area contributed by atoms with Gasteiger partial charge in [-0.05, 0) is 24.6 Å². The highest BCUT2D eigenvalue weighted by Crippen LogP contribution is 2.43. The average molecular weight is 404 g/mol. The molecule has 1 amide bonds. The Morgan fingerprint density at radius 1 is 1.28 bits per heavy atom. The minimum absolute atomic E-state index is 0.0790. The van der Waals surface area contributed by atoms with Crippen LogP contribution in [0.25, 0.3) is 0 Å². The van der Waals surface area contributed by atoms with Crippen LogP contribution >= 0.6 is 0 Å². The van der Waals surface area contributed by atoms with Crippen molar-refractivity contribution in [3.8, 4) is 0 Å². The van der Waals surface area contributed by atoms with E-state index in [0.717, 1.165) is 10.2 Å². The fourth-order valence-electron chi connectivity index (χ4n) is 3.46. The normalized spacial score (nSPS) is 19.9. The number of benzene rings is 1. The molecule has 29 heavy (non-hydrogen) atoms. The minimum atomic E-state index is -4.52. The SMILES string of the molecule is C[C@H](NC(=O)c1cc2n(n1)[C@H](C(F)(F)F)C[C@@H](c1ccco1)N2)c1ccccc1. The summed E-state index contributed by atoms with van der Waals surface area (Å²) in [5.41, 5.74) is 0.804. The number of hydrogen-bond donors (Lipinski definition) is 2. The molecule has 0 saturated carbocycles. The van der Waals surface area contributed by atoms with Crippen LogP contribution in [-0.4, -0.2) is 21.9 Å². The second-order valence-corrected chi connectivity index (χ2v) is 6.97. The number of hydrogen-bond acceptors (Lipinski definition) is 4. The Kier molecular flexibility index (Phi) is 4.81. The van der Waals surface area contributed by atoms with Crippen molar-refractivity contribution in [1.29, 1.82) is 0 Å². The van der Waals surface area contributed by atoms with E-state index < -0.39 is 24.2 Å². The maximum absolute atomic E-state index is 13.7. The molecule has 3 heterocycles. The van der Waals surface area contributed by atoms with Crippen LogP contribution < -0.4 is 10.6 Å². The van der Waals surface area contributed by atoms with Gasteiger partial charge in [0, 0.05) is 12.5 Å². The Morgan fingerprint density at radius 2 is 2.03 bits per heavy atom. The van der Waals surface area contributed by atoms with Crippen LogP contribution in [0, 0.1) is 0 Å². The Morgan fingerprint density at radius 3 is 2.69 bits per heavy atom. The summed E-state index contributed by atoms with van der Waals surface area (Å²) in [5.74, 6) is -0.0200. The van der Waals surface area contributed by atoms with E-state index in [9.17, 15) is 18.0 Å². The number of nitrogens with one attached hydrogen (secondary N) is 2. The molecule has 0 fully saturated rings. The van der Waals surface area contributed by atoms with Crippen LogP contribution in [0.1, 0.15) is 53.3 Å². The monoisotopic (exact) mass is 404 g/mol. The van der Waals surface area contributed by atoms with E-state index in [1.54, 1.807) is 19.1 Å². The fourth-order valence-corrected chi connectivity index (χ4v) is 3.46. The Hall–Kier alpha value is -3.23. The second-order valence-electron chi connectivity index (χ2n) is 6.97. The van der Waals surface area contributed by atoms with Crippen molar-refractivity contribution in [3.05, 3.63) is 71.8 Å². The van der Waals surface area contributed by atoms with Gasteiger partial charge in [-0.2, -0.15) is 18.3 Å². The van der Waals surface area contributed by atoms with Crippen LogP contribution in [-0.2, 0) is 0 Å². The maximum Gasteiger partial charge on any atom is 0.410 e. The number of aromatic nitrogens is 2. The summed E-state index contributed by atoms with van der Waals surface area (Å²) in [4.78, 5) is 12.6. The molecular formula is C20H19F3N4O2. The number of amides is 1. The first kappa shape index (κ1) is 19.1. The second kappa shape index (κ2) is 7.31. The summed E-state index contributed by atoms with van der Waals surface area (Å²) >= 11 is 0. The van der Waals surface area contributed by atoms with Gasteiger partial charge in [0.15, 0.2) is 11.7 Å². The van der Waals surface area contributed by atoms with E-state index in [1.807, 2.05) is 30.3 Å². The van der Waals surface area contributed by atoms with E-state index in [1.165, 1.54) is 12.3 Å². The third-order valence-electron chi connectivity index (χ3n) is 4.96. The number of fused-ring (bicyclic) bond motifs is 1. The van der Waals surface area contributed by atoms with Crippen molar-refractivity contribution in [3.63, 3.8) is 0 Å². The van der Waals surface area contributed by atoms with Gasteiger partial charge in [0.1, 0.15) is 11.6 Å². The summed E-state index contributed by atoms with van der Waals surface area (Å²) in [6.45, 7) is 1.80. The summed E-state index contributed by atoms with van der Waals surface area (Å²) in [5, 5.41) is 9.71. The molecule has 2 N–H and O–H groups in total. The Labute approximate surface area is 164 Å². The van der Waals surface area contributed by atoms with E-state index in [0.29, 0.717) is 5.76 Å². The van der Waals surface area contributed by atoms with Crippen molar-refractivity contribution in [2.75, 3.05) is 5.32 Å². The molecule has 1 aromatic carbocycles. The van der Waals surface area contributed by atoms with Crippen molar-refractivity contribution in [2.24, 2.45) is 0 Å². The summed E-state index contributed by atoms with van der Waals surface area (Å²) in [6, 6.07) is 11.0. The van der Waals surface area contributed by atoms with Crippen LogP contribution in [0.4, 0.5) is 19.0 Å². The van der Waals surface area contributed by atoms with Gasteiger partial charge in [-0.1, -0.05) is 30.3 Å². The molecule has 0 radical (unpaired) electrons. The molecule has 6 nitrogen and oxygen atoms in total. The zero-order valence-electron chi connectivity index (χ0n) is 15.5. The molecular weight excluding hydrogens is 385 g/mol. The number of nitrogens with zero attached hydrogens (tertiary/aromatic N) is 2. The van der Waals surface area contributed by atoms with E-state index >= 15 is 0 Å². The van der Waals surface area contributed by atoms with Gasteiger partial charge in [0.05, 0.1) is 18.3 Å². The van der Waals surface area contributed by atoms with E-state index in [-0.39, 0.29) is 24.0 Å². The molecule has 0 spiro atoms. The lowest BCUT2D eigenvalue weighted by atomic mass is 10.0. The van der Waals surface area contributed by atoms with Gasteiger partial charge in [-0.15, -0.1) is 0 Å². The standard InChI is InChI=1S/C20H19F3N4O2/c1-12(13-6-3-2-4-7-13)24-19(28)15-11-18-25-14(16-8-5-9-29-16)10-17(20(21,22)23)27(18)26-15/h2-9,11-12,14,17,25H,10H2,1H3,(H,24,28)/t12-,14-,17-/m0/s1. The number of furan rings is 1. The lowest BCUT2D eigenvalue weighted by Gasteiger charge is -2.32. The largest absolute Gasteiger partial charge is 0.467 e. The molecule has 2 aromatic heterocycles. The van der Waals surface area contributed by atoms with E-state index in [2.05, 4.69) is 15.7 Å². The zero-order valence-corrected chi connectivity index (χ0v) is 15.5. The summed E-state index contributed by atoms with van der Waals surface area (Å²) < 4.78 is 47.1. The van der Waals surface area contributed by atoms with Crippen molar-refractivity contribution >= 4 is 11.7 Å². The number of rotatable bonds is 4. The highest BCUT2D eigenvalue weighted by atomic mass is 19.4. The van der Waals surface area contributed by atoms with Crippen molar-refractivity contribution in [1.82, 2.24) is 15.1 Å². The number of carbonyl (C=O) groups excluding carboxylic acids is 1. The van der Waals surface area contributed by atoms with Gasteiger partial charge in [-0.25, -0.2) is 4.68 Å². The molecule has 3 atom stereocenters. The fraction of sp³-hybridized carbons (Fsp3) is 0.300. The first-order valence-electron chi connectivity index (χ1n) is 9.15. The molecule has 152 valence electrons. The van der Waals surface area contributed by atoms with Crippen molar-refractivity contribution < 1.29 is 22.4 Å². The molecule has 0 aliphatic carbocycles. The van der Waals surface area contributed by atoms with Crippen LogP contribution in [0.2, 0.25) is 0 Å². The molecule has 4 rings (SSSR count). The number of halogens is 3. The molecule has 1 aliphatic heterocycles. The van der Waals surface area contributed by atoms with Gasteiger partial charge in [-0.3, -0.25) is 4.79 Å². The molecule has 9 heteroatoms. The first-order valence-corrected chi connectivity index (χ1v) is 9.15. The third kappa shape index (κ3) is 3.85. The highest BCUT2D eigenvalue weighted by Gasteiger charge is 2.47. The van der Waals surface area contributed by atoms with Crippen LogP contribution in [0.15, 0.2) is 59.2 Å². The summed E-state index contributed by atoms with van der Waals surface area (Å²) in [6.07, 6.45) is -3.39. The highest BCUT2D eigenvalue weighted by molar-refractivity contribution is 5.93. The number of anilines is 1. The lowest BCUT2D eigenvalue weighted by Crippen LogP contribution is -2.35. The number of alkyl halides is 3. The van der Waals surface area contributed by atoms with Crippen LogP contribution in [0.3, 0.4) is 0 Å². The Balaban J connectivity index is 1.59. The van der Waals surface area contributed by atoms with E-state index in [4.69, 9.17) is 4.42 Å². The van der Waals surface area contributed by atoms with Crippen LogP contribution in [0.5, 0.6) is 0 Å². The maximum atomic E-state index is 13.7. The third-order valence-corrected chi connectivity index (χ3v) is 4.96. The quantitative estimate of drug-likeness (QED) is 0.665. The Bertz CT molecular complexity index is 983. The topological polar surface area (TPSA) is 72.1 Å². The van der Waals surface area contributed by atoms with Gasteiger partial charge in [0.25, 0.3) is 5.91 Å². The van der Waals surface area contributed by atoms with Gasteiger partial charge < -0.3 is 15.1 Å². The zero-order chi connectivity index (χ0) is 20.6. The van der Waals surface area contributed by atoms with Gasteiger partial charge in [0.2, 0.25) is 0 Å². The summed E-state index contributed by atoms with van der Waals surface area (Å²) in [7, 11) is 0. The average Bonchev–Trinajstić information content (AvgIpc) is 3.36. The molecule has 0 unspecified atom stereocenters. The predicted octanol–water partition coefficient (Wildman–Crippen LogP) is 4.63. The minimum Gasteiger partial charge on any atom is -0.467 e. The van der Waals surface area contributed by atoms with Gasteiger partial charge >= 0.3 is 6.18 Å².